The van der Waals surface area contributed by atoms with E-state index < -0.39 is 9.84 Å². The van der Waals surface area contributed by atoms with Crippen molar-refractivity contribution in [2.75, 3.05) is 18.1 Å². The van der Waals surface area contributed by atoms with Gasteiger partial charge in [-0.25, -0.2) is 8.42 Å². The highest BCUT2D eigenvalue weighted by Gasteiger charge is 2.19. The fraction of sp³-hybridized carbons (Fsp3) is 0.600. The second kappa shape index (κ2) is 6.42. The van der Waals surface area contributed by atoms with E-state index in [0.717, 1.165) is 6.54 Å². The lowest BCUT2D eigenvalue weighted by Gasteiger charge is -2.26. The Morgan fingerprint density at radius 2 is 1.58 bits per heavy atom. The highest BCUT2D eigenvalue weighted by molar-refractivity contribution is 7.90. The van der Waals surface area contributed by atoms with Crippen LogP contribution in [0.4, 0.5) is 5.69 Å². The zero-order chi connectivity index (χ0) is 14.6. The van der Waals surface area contributed by atoms with E-state index in [2.05, 4.69) is 33.0 Å². The summed E-state index contributed by atoms with van der Waals surface area (Å²) in [5.74, 6) is 1.66. The molecule has 19 heavy (non-hydrogen) atoms. The number of hydrogen-bond donors (Lipinski definition) is 1. The lowest BCUT2D eigenvalue weighted by Crippen LogP contribution is -2.25. The molecule has 3 nitrogen and oxygen atoms in total. The molecule has 0 atom stereocenters. The summed E-state index contributed by atoms with van der Waals surface area (Å²) in [7, 11) is -3.18. The van der Waals surface area contributed by atoms with Gasteiger partial charge in [-0.1, -0.05) is 39.8 Å². The third kappa shape index (κ3) is 4.53. The SMILES string of the molecule is CC(C)C(CNc1ccccc1S(C)(=O)=O)C(C)C. The van der Waals surface area contributed by atoms with E-state index in [1.54, 1.807) is 12.1 Å². The maximum Gasteiger partial charge on any atom is 0.177 e. The summed E-state index contributed by atoms with van der Waals surface area (Å²) in [5.41, 5.74) is 0.705. The molecule has 0 aliphatic carbocycles. The van der Waals surface area contributed by atoms with Crippen LogP contribution in [0.25, 0.3) is 0 Å². The van der Waals surface area contributed by atoms with Gasteiger partial charge in [0.25, 0.3) is 0 Å². The highest BCUT2D eigenvalue weighted by Crippen LogP contribution is 2.24. The standard InChI is InChI=1S/C15H25NO2S/c1-11(2)13(12(3)4)10-16-14-8-6-7-9-15(14)19(5,17)18/h6-9,11-13,16H,10H2,1-5H3. The van der Waals surface area contributed by atoms with Crippen LogP contribution in [0.15, 0.2) is 29.2 Å². The molecule has 0 radical (unpaired) electrons. The van der Waals surface area contributed by atoms with Gasteiger partial charge in [0.05, 0.1) is 10.6 Å². The Labute approximate surface area is 117 Å². The predicted molar refractivity (Wildman–Crippen MR) is 81.2 cm³/mol. The van der Waals surface area contributed by atoms with Crippen molar-refractivity contribution in [1.82, 2.24) is 0 Å². The van der Waals surface area contributed by atoms with Gasteiger partial charge in [-0.3, -0.25) is 0 Å². The number of anilines is 1. The predicted octanol–water partition coefficient (Wildman–Crippen LogP) is 3.43. The van der Waals surface area contributed by atoms with E-state index in [4.69, 9.17) is 0 Å². The van der Waals surface area contributed by atoms with Gasteiger partial charge >= 0.3 is 0 Å². The number of para-hydroxylation sites is 1. The molecule has 1 rings (SSSR count). The minimum Gasteiger partial charge on any atom is -0.384 e. The van der Waals surface area contributed by atoms with Crippen LogP contribution >= 0.6 is 0 Å². The van der Waals surface area contributed by atoms with Crippen molar-refractivity contribution in [1.29, 1.82) is 0 Å². The molecule has 108 valence electrons. The minimum absolute atomic E-state index is 0.376. The molecule has 0 amide bonds. The van der Waals surface area contributed by atoms with E-state index in [1.165, 1.54) is 6.26 Å². The van der Waals surface area contributed by atoms with Crippen LogP contribution in [0, 0.1) is 17.8 Å². The Kier molecular flexibility index (Phi) is 5.41. The number of rotatable bonds is 6. The fourth-order valence-corrected chi connectivity index (χ4v) is 3.27. The van der Waals surface area contributed by atoms with Crippen molar-refractivity contribution in [3.8, 4) is 0 Å². The van der Waals surface area contributed by atoms with Gasteiger partial charge in [0.2, 0.25) is 0 Å². The summed E-state index contributed by atoms with van der Waals surface area (Å²) >= 11 is 0. The number of nitrogens with one attached hydrogen (secondary N) is 1. The quantitative estimate of drug-likeness (QED) is 0.870. The van der Waals surface area contributed by atoms with Gasteiger partial charge in [0.15, 0.2) is 9.84 Å². The normalized spacial score (nSPS) is 12.4. The first-order chi connectivity index (χ1) is 8.73. The zero-order valence-electron chi connectivity index (χ0n) is 12.5. The van der Waals surface area contributed by atoms with Crippen molar-refractivity contribution in [2.24, 2.45) is 17.8 Å². The van der Waals surface area contributed by atoms with Crippen LogP contribution < -0.4 is 5.32 Å². The van der Waals surface area contributed by atoms with Crippen LogP contribution in [0.3, 0.4) is 0 Å². The van der Waals surface area contributed by atoms with E-state index in [-0.39, 0.29) is 0 Å². The molecule has 1 aromatic rings. The molecule has 0 aliphatic rings. The molecule has 1 aromatic carbocycles. The van der Waals surface area contributed by atoms with Crippen molar-refractivity contribution >= 4 is 15.5 Å². The van der Waals surface area contributed by atoms with Crippen molar-refractivity contribution in [3.05, 3.63) is 24.3 Å². The molecule has 0 aliphatic heterocycles. The molecular formula is C15H25NO2S. The van der Waals surface area contributed by atoms with Crippen LogP contribution in [0.2, 0.25) is 0 Å². The lowest BCUT2D eigenvalue weighted by molar-refractivity contribution is 0.304. The average Bonchev–Trinajstić information content (AvgIpc) is 2.27. The van der Waals surface area contributed by atoms with E-state index in [0.29, 0.717) is 28.3 Å². The van der Waals surface area contributed by atoms with E-state index >= 15 is 0 Å². The first kappa shape index (κ1) is 16.0. The smallest absolute Gasteiger partial charge is 0.177 e. The third-order valence-corrected chi connectivity index (χ3v) is 4.68. The Morgan fingerprint density at radius 1 is 1.05 bits per heavy atom. The summed E-state index contributed by atoms with van der Waals surface area (Å²) in [6.07, 6.45) is 1.25. The molecule has 0 aromatic heterocycles. The van der Waals surface area contributed by atoms with Gasteiger partial charge in [-0.05, 0) is 29.9 Å². The molecule has 1 N–H and O–H groups in total. The maximum absolute atomic E-state index is 11.7. The summed E-state index contributed by atoms with van der Waals surface area (Å²) in [5, 5.41) is 3.30. The van der Waals surface area contributed by atoms with Gasteiger partial charge in [-0.2, -0.15) is 0 Å². The van der Waals surface area contributed by atoms with Gasteiger partial charge in [0, 0.05) is 12.8 Å². The molecular weight excluding hydrogens is 258 g/mol. The summed E-state index contributed by atoms with van der Waals surface area (Å²) in [4.78, 5) is 0.376. The summed E-state index contributed by atoms with van der Waals surface area (Å²) in [6.45, 7) is 9.61. The molecule has 0 heterocycles. The lowest BCUT2D eigenvalue weighted by atomic mass is 9.85. The average molecular weight is 283 g/mol. The first-order valence-corrected chi connectivity index (χ1v) is 8.65. The monoisotopic (exact) mass is 283 g/mol. The second-order valence-electron chi connectivity index (χ2n) is 5.80. The molecule has 4 heteroatoms. The van der Waals surface area contributed by atoms with Crippen LogP contribution in [0.1, 0.15) is 27.7 Å². The van der Waals surface area contributed by atoms with Gasteiger partial charge < -0.3 is 5.32 Å². The van der Waals surface area contributed by atoms with E-state index in [1.807, 2.05) is 12.1 Å². The Morgan fingerprint density at radius 3 is 2.05 bits per heavy atom. The maximum atomic E-state index is 11.7. The van der Waals surface area contributed by atoms with E-state index in [9.17, 15) is 8.42 Å². The summed E-state index contributed by atoms with van der Waals surface area (Å²) < 4.78 is 23.5. The number of hydrogen-bond acceptors (Lipinski definition) is 3. The highest BCUT2D eigenvalue weighted by atomic mass is 32.2. The van der Waals surface area contributed by atoms with Crippen molar-refractivity contribution in [2.45, 2.75) is 32.6 Å². The van der Waals surface area contributed by atoms with Crippen molar-refractivity contribution in [3.63, 3.8) is 0 Å². The fourth-order valence-electron chi connectivity index (χ4n) is 2.41. The minimum atomic E-state index is -3.18. The zero-order valence-corrected chi connectivity index (χ0v) is 13.3. The molecule has 0 bridgehead atoms. The van der Waals surface area contributed by atoms with Gasteiger partial charge in [-0.15, -0.1) is 0 Å². The Hall–Kier alpha value is -1.03. The van der Waals surface area contributed by atoms with Crippen LogP contribution in [0.5, 0.6) is 0 Å². The third-order valence-electron chi connectivity index (χ3n) is 3.53. The van der Waals surface area contributed by atoms with Crippen LogP contribution in [-0.4, -0.2) is 21.2 Å². The summed E-state index contributed by atoms with van der Waals surface area (Å²) in [6, 6.07) is 7.09. The molecule has 0 unspecified atom stereocenters. The molecule has 0 spiro atoms. The van der Waals surface area contributed by atoms with Crippen molar-refractivity contribution < 1.29 is 8.42 Å². The first-order valence-electron chi connectivity index (χ1n) is 6.76. The molecule has 0 saturated heterocycles. The molecule has 0 saturated carbocycles. The largest absolute Gasteiger partial charge is 0.384 e. The Balaban J connectivity index is 2.89. The molecule has 0 fully saturated rings. The Bertz CT molecular complexity index is 499. The number of benzene rings is 1. The number of sulfone groups is 1. The van der Waals surface area contributed by atoms with Crippen LogP contribution in [-0.2, 0) is 9.84 Å². The topological polar surface area (TPSA) is 46.2 Å². The van der Waals surface area contributed by atoms with Gasteiger partial charge in [0.1, 0.15) is 0 Å². The second-order valence-corrected chi connectivity index (χ2v) is 7.79.